The normalized spacial score (nSPS) is 14.8. The van der Waals surface area contributed by atoms with Crippen molar-refractivity contribution in [1.29, 1.82) is 0 Å². The summed E-state index contributed by atoms with van der Waals surface area (Å²) in [5.74, 6) is -0.250. The minimum Gasteiger partial charge on any atom is -0.461 e. The third-order valence-electron chi connectivity index (χ3n) is 4.84. The molecular formula is C19H15ClN2O3. The Bertz CT molecular complexity index is 1090. The van der Waals surface area contributed by atoms with E-state index in [9.17, 15) is 9.59 Å². The monoisotopic (exact) mass is 354 g/mol. The number of benzene rings is 1. The average molecular weight is 355 g/mol. The molecule has 4 heterocycles. The van der Waals surface area contributed by atoms with Gasteiger partial charge in [-0.2, -0.15) is 0 Å². The summed E-state index contributed by atoms with van der Waals surface area (Å²) in [6, 6.07) is 12.1. The molecule has 2 aromatic heterocycles. The van der Waals surface area contributed by atoms with Crippen LogP contribution in [-0.2, 0) is 29.1 Å². The molecule has 0 aliphatic carbocycles. The molecule has 0 atom stereocenters. The van der Waals surface area contributed by atoms with Crippen molar-refractivity contribution < 1.29 is 9.53 Å². The highest BCUT2D eigenvalue weighted by atomic mass is 35.5. The van der Waals surface area contributed by atoms with Crippen molar-refractivity contribution in [2.45, 2.75) is 26.0 Å². The maximum absolute atomic E-state index is 12.9. The lowest BCUT2D eigenvalue weighted by Gasteiger charge is -2.09. The number of hydrogen-bond donors (Lipinski definition) is 0. The van der Waals surface area contributed by atoms with Gasteiger partial charge in [0.25, 0.3) is 5.56 Å². The molecular weight excluding hydrogens is 340 g/mol. The summed E-state index contributed by atoms with van der Waals surface area (Å²) in [6.45, 7) is 0.585. The zero-order valence-electron chi connectivity index (χ0n) is 13.3. The molecule has 0 saturated heterocycles. The molecule has 0 unspecified atom stereocenters. The molecule has 3 aromatic rings. The van der Waals surface area contributed by atoms with Gasteiger partial charge < -0.3 is 9.30 Å². The minimum atomic E-state index is -0.250. The summed E-state index contributed by atoms with van der Waals surface area (Å²) in [5.41, 5.74) is 5.12. The first-order valence-electron chi connectivity index (χ1n) is 8.01. The van der Waals surface area contributed by atoms with E-state index < -0.39 is 0 Å². The number of ether oxygens (including phenoxy) is 1. The van der Waals surface area contributed by atoms with Crippen LogP contribution in [0.1, 0.15) is 23.1 Å². The number of cyclic esters (lactones) is 1. The number of carbonyl (C=O) groups excluding carboxylic acids is 1. The Labute approximate surface area is 149 Å². The molecule has 0 amide bonds. The largest absolute Gasteiger partial charge is 0.461 e. The highest BCUT2D eigenvalue weighted by molar-refractivity contribution is 5.85. The van der Waals surface area contributed by atoms with E-state index in [1.807, 2.05) is 30.3 Å². The second kappa shape index (κ2) is 5.70. The fourth-order valence-electron chi connectivity index (χ4n) is 3.60. The van der Waals surface area contributed by atoms with E-state index in [0.29, 0.717) is 24.9 Å². The van der Waals surface area contributed by atoms with Gasteiger partial charge in [0, 0.05) is 17.4 Å². The topological polar surface area (TPSA) is 61.2 Å². The van der Waals surface area contributed by atoms with E-state index in [0.717, 1.165) is 33.4 Å². The van der Waals surface area contributed by atoms with Crippen LogP contribution in [0.3, 0.4) is 0 Å². The van der Waals surface area contributed by atoms with Gasteiger partial charge in [0.2, 0.25) is 0 Å². The quantitative estimate of drug-likeness (QED) is 0.456. The summed E-state index contributed by atoms with van der Waals surface area (Å²) in [7, 11) is 0. The number of nitrogens with zero attached hydrogens (tertiary/aromatic N) is 2. The maximum Gasteiger partial charge on any atom is 0.306 e. The summed E-state index contributed by atoms with van der Waals surface area (Å²) < 4.78 is 6.89. The van der Waals surface area contributed by atoms with Crippen molar-refractivity contribution in [3.05, 3.63) is 63.4 Å². The smallest absolute Gasteiger partial charge is 0.306 e. The van der Waals surface area contributed by atoms with Gasteiger partial charge >= 0.3 is 5.97 Å². The van der Waals surface area contributed by atoms with Crippen molar-refractivity contribution in [2.75, 3.05) is 0 Å². The summed E-state index contributed by atoms with van der Waals surface area (Å²) in [6.07, 6.45) is 0.855. The SMILES string of the molecule is Cl.O=C1CCc2cc3n(c(=O)c2CO1)Cc1cc2ccccc2nc1-3. The number of pyridine rings is 2. The first-order chi connectivity index (χ1) is 11.7. The molecule has 5 nitrogen and oxygen atoms in total. The van der Waals surface area contributed by atoms with E-state index in [4.69, 9.17) is 9.72 Å². The van der Waals surface area contributed by atoms with Crippen LogP contribution < -0.4 is 5.56 Å². The minimum absolute atomic E-state index is 0. The third-order valence-corrected chi connectivity index (χ3v) is 4.84. The van der Waals surface area contributed by atoms with Gasteiger partial charge in [0.15, 0.2) is 0 Å². The van der Waals surface area contributed by atoms with E-state index >= 15 is 0 Å². The van der Waals surface area contributed by atoms with Gasteiger partial charge in [-0.3, -0.25) is 9.59 Å². The van der Waals surface area contributed by atoms with Crippen molar-refractivity contribution in [3.8, 4) is 11.4 Å². The fraction of sp³-hybridized carbons (Fsp3) is 0.211. The van der Waals surface area contributed by atoms with Crippen LogP contribution in [0.15, 0.2) is 41.2 Å². The van der Waals surface area contributed by atoms with Gasteiger partial charge in [-0.25, -0.2) is 4.98 Å². The molecule has 1 aromatic carbocycles. The molecule has 0 bridgehead atoms. The van der Waals surface area contributed by atoms with Gasteiger partial charge in [-0.1, -0.05) is 18.2 Å². The highest BCUT2D eigenvalue weighted by Gasteiger charge is 2.26. The zero-order chi connectivity index (χ0) is 16.3. The summed E-state index contributed by atoms with van der Waals surface area (Å²) in [5, 5.41) is 1.08. The van der Waals surface area contributed by atoms with Crippen molar-refractivity contribution >= 4 is 29.3 Å². The number of aromatic nitrogens is 2. The van der Waals surface area contributed by atoms with Crippen LogP contribution >= 0.6 is 12.4 Å². The van der Waals surface area contributed by atoms with E-state index in [1.165, 1.54) is 0 Å². The van der Waals surface area contributed by atoms with Crippen molar-refractivity contribution in [3.63, 3.8) is 0 Å². The molecule has 126 valence electrons. The van der Waals surface area contributed by atoms with E-state index in [1.54, 1.807) is 4.57 Å². The van der Waals surface area contributed by atoms with Crippen LogP contribution in [0.5, 0.6) is 0 Å². The lowest BCUT2D eigenvalue weighted by atomic mass is 10.0. The Morgan fingerprint density at radius 1 is 1.04 bits per heavy atom. The number of rotatable bonds is 0. The first kappa shape index (κ1) is 15.8. The molecule has 5 rings (SSSR count). The van der Waals surface area contributed by atoms with Gasteiger partial charge in [-0.15, -0.1) is 12.4 Å². The number of hydrogen-bond acceptors (Lipinski definition) is 4. The summed E-state index contributed by atoms with van der Waals surface area (Å²) in [4.78, 5) is 29.2. The second-order valence-corrected chi connectivity index (χ2v) is 6.27. The number of fused-ring (bicyclic) bond motifs is 5. The number of para-hydroxylation sites is 1. The van der Waals surface area contributed by atoms with Crippen LogP contribution in [-0.4, -0.2) is 15.5 Å². The average Bonchev–Trinajstić information content (AvgIpc) is 2.83. The van der Waals surface area contributed by atoms with Crippen LogP contribution in [0.2, 0.25) is 0 Å². The summed E-state index contributed by atoms with van der Waals surface area (Å²) >= 11 is 0. The van der Waals surface area contributed by atoms with Crippen molar-refractivity contribution in [1.82, 2.24) is 9.55 Å². The van der Waals surface area contributed by atoms with Crippen molar-refractivity contribution in [2.24, 2.45) is 0 Å². The van der Waals surface area contributed by atoms with Gasteiger partial charge in [0.1, 0.15) is 6.61 Å². The highest BCUT2D eigenvalue weighted by Crippen LogP contribution is 2.33. The number of aryl methyl sites for hydroxylation is 1. The standard InChI is InChI=1S/C19H14N2O3.ClH/c22-17-6-5-11-8-16-18-13(7-12-3-1-2-4-15(12)20-18)9-21(16)19(23)14(11)10-24-17;/h1-4,7-8H,5-6,9-10H2;1H. The molecule has 0 radical (unpaired) electrons. The lowest BCUT2D eigenvalue weighted by molar-refractivity contribution is -0.144. The van der Waals surface area contributed by atoms with Crippen LogP contribution in [0.4, 0.5) is 0 Å². The number of esters is 1. The van der Waals surface area contributed by atoms with E-state index in [2.05, 4.69) is 6.07 Å². The lowest BCUT2D eigenvalue weighted by Crippen LogP contribution is -2.24. The predicted molar refractivity (Wildman–Crippen MR) is 95.9 cm³/mol. The molecule has 2 aliphatic heterocycles. The Balaban J connectivity index is 0.00000157. The molecule has 6 heteroatoms. The number of carbonyl (C=O) groups is 1. The third kappa shape index (κ3) is 2.35. The van der Waals surface area contributed by atoms with Crippen LogP contribution in [0, 0.1) is 0 Å². The Hall–Kier alpha value is -2.66. The van der Waals surface area contributed by atoms with Crippen LogP contribution in [0.25, 0.3) is 22.3 Å². The first-order valence-corrected chi connectivity index (χ1v) is 8.01. The van der Waals surface area contributed by atoms with E-state index in [-0.39, 0.29) is 30.5 Å². The Kier molecular flexibility index (Phi) is 3.62. The Morgan fingerprint density at radius 2 is 1.88 bits per heavy atom. The molecule has 0 fully saturated rings. The molecule has 0 saturated carbocycles. The molecule has 25 heavy (non-hydrogen) atoms. The zero-order valence-corrected chi connectivity index (χ0v) is 14.1. The fourth-order valence-corrected chi connectivity index (χ4v) is 3.60. The molecule has 0 N–H and O–H groups in total. The molecule has 2 aliphatic rings. The predicted octanol–water partition coefficient (Wildman–Crippen LogP) is 2.84. The Morgan fingerprint density at radius 3 is 2.76 bits per heavy atom. The number of halogens is 1. The molecule has 0 spiro atoms. The van der Waals surface area contributed by atoms with Gasteiger partial charge in [-0.05, 0) is 30.2 Å². The second-order valence-electron chi connectivity index (χ2n) is 6.27. The maximum atomic E-state index is 12.9. The van der Waals surface area contributed by atoms with Gasteiger partial charge in [0.05, 0.1) is 29.0 Å².